The van der Waals surface area contributed by atoms with Gasteiger partial charge >= 0.3 is 5.97 Å². The highest BCUT2D eigenvalue weighted by atomic mass is 19.1. The van der Waals surface area contributed by atoms with Gasteiger partial charge in [0.25, 0.3) is 5.91 Å². The van der Waals surface area contributed by atoms with Crippen LogP contribution in [0.15, 0.2) is 102 Å². The molecule has 0 saturated heterocycles. The Bertz CT molecular complexity index is 1390. The van der Waals surface area contributed by atoms with Gasteiger partial charge in [-0.15, -0.1) is 0 Å². The fourth-order valence-corrected chi connectivity index (χ4v) is 5.03. The minimum Gasteiger partial charge on any atom is -0.466 e. The fourth-order valence-electron chi connectivity index (χ4n) is 5.03. The van der Waals surface area contributed by atoms with Crippen LogP contribution in [0.5, 0.6) is 0 Å². The standard InChI is InChI=1S/C30H26F2N2O4/c1-37-29(36)27-26(28(35)33-18-20-10-6-3-7-11-20)24-12-13-30(27,38-24)25(14-19-8-4-2-5-9-19)34-23-16-21(31)15-22(32)17-23/h2-13,15-17,24-25,34H,14,18H2,1H3,(H,33,35). The molecule has 2 heterocycles. The molecule has 6 nitrogen and oxygen atoms in total. The van der Waals surface area contributed by atoms with Gasteiger partial charge in [0.05, 0.1) is 24.3 Å². The summed E-state index contributed by atoms with van der Waals surface area (Å²) < 4.78 is 39.6. The number of ether oxygens (including phenoxy) is 2. The lowest BCUT2D eigenvalue weighted by molar-refractivity contribution is -0.138. The van der Waals surface area contributed by atoms with Gasteiger partial charge in [-0.3, -0.25) is 4.79 Å². The van der Waals surface area contributed by atoms with Crippen LogP contribution in [0.25, 0.3) is 0 Å². The Morgan fingerprint density at radius 2 is 1.61 bits per heavy atom. The lowest BCUT2D eigenvalue weighted by Gasteiger charge is -2.36. The smallest absolute Gasteiger partial charge is 0.337 e. The number of methoxy groups -OCH3 is 1. The molecule has 38 heavy (non-hydrogen) atoms. The molecule has 3 unspecified atom stereocenters. The van der Waals surface area contributed by atoms with Gasteiger partial charge in [0.1, 0.15) is 23.3 Å². The first-order valence-electron chi connectivity index (χ1n) is 12.2. The second-order valence-corrected chi connectivity index (χ2v) is 9.18. The molecule has 0 aromatic heterocycles. The highest BCUT2D eigenvalue weighted by Crippen LogP contribution is 2.47. The number of hydrogen-bond acceptors (Lipinski definition) is 5. The van der Waals surface area contributed by atoms with Crippen molar-refractivity contribution in [2.45, 2.75) is 30.7 Å². The monoisotopic (exact) mass is 516 g/mol. The van der Waals surface area contributed by atoms with Crippen molar-refractivity contribution in [2.24, 2.45) is 0 Å². The Labute approximate surface area is 219 Å². The highest BCUT2D eigenvalue weighted by molar-refractivity contribution is 6.07. The lowest BCUT2D eigenvalue weighted by Crippen LogP contribution is -2.49. The number of anilines is 1. The van der Waals surface area contributed by atoms with Gasteiger partial charge in [0.15, 0.2) is 0 Å². The summed E-state index contributed by atoms with van der Waals surface area (Å²) in [4.78, 5) is 26.6. The van der Waals surface area contributed by atoms with Crippen LogP contribution in [0.2, 0.25) is 0 Å². The minimum absolute atomic E-state index is 0.0587. The average molecular weight is 517 g/mol. The molecule has 2 bridgehead atoms. The quantitative estimate of drug-likeness (QED) is 0.324. The lowest BCUT2D eigenvalue weighted by atomic mass is 9.78. The molecule has 2 aliphatic heterocycles. The zero-order chi connectivity index (χ0) is 26.7. The fraction of sp³-hybridized carbons (Fsp3) is 0.200. The van der Waals surface area contributed by atoms with E-state index in [1.165, 1.54) is 7.11 Å². The van der Waals surface area contributed by atoms with Crippen LogP contribution in [0.3, 0.4) is 0 Å². The molecule has 8 heteroatoms. The molecule has 194 valence electrons. The van der Waals surface area contributed by atoms with Crippen LogP contribution in [-0.2, 0) is 32.0 Å². The van der Waals surface area contributed by atoms with Crippen molar-refractivity contribution in [1.29, 1.82) is 0 Å². The molecular weight excluding hydrogens is 490 g/mol. The molecule has 5 rings (SSSR count). The number of esters is 1. The van der Waals surface area contributed by atoms with Crippen molar-refractivity contribution in [3.8, 4) is 0 Å². The summed E-state index contributed by atoms with van der Waals surface area (Å²) in [7, 11) is 1.24. The highest BCUT2D eigenvalue weighted by Gasteiger charge is 2.58. The van der Waals surface area contributed by atoms with Gasteiger partial charge in [0, 0.05) is 18.3 Å². The summed E-state index contributed by atoms with van der Waals surface area (Å²) in [6.45, 7) is 0.259. The molecule has 2 N–H and O–H groups in total. The van der Waals surface area contributed by atoms with Gasteiger partial charge in [0.2, 0.25) is 0 Å². The van der Waals surface area contributed by atoms with Crippen LogP contribution in [0.4, 0.5) is 14.5 Å². The van der Waals surface area contributed by atoms with Crippen molar-refractivity contribution < 1.29 is 27.8 Å². The van der Waals surface area contributed by atoms with Gasteiger partial charge < -0.3 is 20.1 Å². The maximum absolute atomic E-state index is 14.1. The number of benzene rings is 3. The van der Waals surface area contributed by atoms with Crippen molar-refractivity contribution in [2.75, 3.05) is 12.4 Å². The normalized spacial score (nSPS) is 20.3. The topological polar surface area (TPSA) is 76.7 Å². The van der Waals surface area contributed by atoms with Crippen molar-refractivity contribution in [3.63, 3.8) is 0 Å². The number of hydrogen-bond donors (Lipinski definition) is 2. The second kappa shape index (κ2) is 10.6. The number of halogens is 2. The number of nitrogens with one attached hydrogen (secondary N) is 2. The molecule has 0 saturated carbocycles. The molecule has 0 radical (unpaired) electrons. The number of amides is 1. The van der Waals surface area contributed by atoms with E-state index in [4.69, 9.17) is 9.47 Å². The molecule has 3 atom stereocenters. The van der Waals surface area contributed by atoms with Gasteiger partial charge in [-0.25, -0.2) is 13.6 Å². The van der Waals surface area contributed by atoms with E-state index in [2.05, 4.69) is 10.6 Å². The summed E-state index contributed by atoms with van der Waals surface area (Å²) in [5.74, 6) is -2.67. The summed E-state index contributed by atoms with van der Waals surface area (Å²) in [5, 5.41) is 6.03. The molecule has 3 aromatic rings. The van der Waals surface area contributed by atoms with Gasteiger partial charge in [-0.1, -0.05) is 66.7 Å². The number of carbonyl (C=O) groups excluding carboxylic acids is 2. The maximum Gasteiger partial charge on any atom is 0.337 e. The largest absolute Gasteiger partial charge is 0.466 e. The first kappa shape index (κ1) is 25.4. The Morgan fingerprint density at radius 1 is 0.974 bits per heavy atom. The van der Waals surface area contributed by atoms with Crippen LogP contribution in [-0.4, -0.2) is 36.7 Å². The Hall–Kier alpha value is -4.30. The van der Waals surface area contributed by atoms with E-state index >= 15 is 0 Å². The minimum atomic E-state index is -1.42. The third-order valence-corrected chi connectivity index (χ3v) is 6.72. The summed E-state index contributed by atoms with van der Waals surface area (Å²) in [6.07, 6.45) is 2.96. The van der Waals surface area contributed by atoms with Gasteiger partial charge in [-0.2, -0.15) is 0 Å². The average Bonchev–Trinajstić information content (AvgIpc) is 3.50. The van der Waals surface area contributed by atoms with Crippen LogP contribution >= 0.6 is 0 Å². The number of rotatable bonds is 9. The number of carbonyl (C=O) groups is 2. The summed E-state index contributed by atoms with van der Waals surface area (Å²) in [6, 6.07) is 21.2. The third-order valence-electron chi connectivity index (χ3n) is 6.72. The van der Waals surface area contributed by atoms with E-state index in [1.54, 1.807) is 12.2 Å². The van der Waals surface area contributed by atoms with Crippen LogP contribution < -0.4 is 10.6 Å². The predicted molar refractivity (Wildman–Crippen MR) is 138 cm³/mol. The number of fused-ring (bicyclic) bond motifs is 2. The first-order chi connectivity index (χ1) is 18.4. The molecular formula is C30H26F2N2O4. The third kappa shape index (κ3) is 4.95. The van der Waals surface area contributed by atoms with E-state index in [9.17, 15) is 18.4 Å². The van der Waals surface area contributed by atoms with Gasteiger partial charge in [-0.05, 0) is 35.8 Å². The van der Waals surface area contributed by atoms with E-state index < -0.39 is 41.3 Å². The molecule has 0 fully saturated rings. The van der Waals surface area contributed by atoms with E-state index in [0.29, 0.717) is 6.42 Å². The molecule has 2 aliphatic rings. The van der Waals surface area contributed by atoms with Crippen molar-refractivity contribution in [1.82, 2.24) is 5.32 Å². The van der Waals surface area contributed by atoms with Crippen molar-refractivity contribution in [3.05, 3.63) is 125 Å². The SMILES string of the molecule is COC(=O)C1=C(C(=O)NCc2ccccc2)C2C=CC1(C(Cc1ccccc1)Nc1cc(F)cc(F)c1)O2. The maximum atomic E-state index is 14.1. The predicted octanol–water partition coefficient (Wildman–Crippen LogP) is 4.48. The second-order valence-electron chi connectivity index (χ2n) is 9.18. The van der Waals surface area contributed by atoms with Crippen LogP contribution in [0.1, 0.15) is 11.1 Å². The van der Waals surface area contributed by atoms with E-state index in [1.807, 2.05) is 60.7 Å². The summed E-state index contributed by atoms with van der Waals surface area (Å²) in [5.41, 5.74) is 0.749. The Kier molecular flexibility index (Phi) is 7.07. The molecule has 0 spiro atoms. The summed E-state index contributed by atoms with van der Waals surface area (Å²) >= 11 is 0. The molecule has 1 amide bonds. The van der Waals surface area contributed by atoms with E-state index in [-0.39, 0.29) is 23.4 Å². The zero-order valence-electron chi connectivity index (χ0n) is 20.6. The first-order valence-corrected chi connectivity index (χ1v) is 12.2. The zero-order valence-corrected chi connectivity index (χ0v) is 20.6. The van der Waals surface area contributed by atoms with E-state index in [0.717, 1.165) is 29.3 Å². The van der Waals surface area contributed by atoms with Crippen LogP contribution in [0, 0.1) is 11.6 Å². The Morgan fingerprint density at radius 3 is 2.24 bits per heavy atom. The Balaban J connectivity index is 1.54. The molecule has 0 aliphatic carbocycles. The van der Waals surface area contributed by atoms with Crippen molar-refractivity contribution >= 4 is 17.6 Å². The molecule has 3 aromatic carbocycles.